The maximum absolute atomic E-state index is 11.1. The van der Waals surface area contributed by atoms with Crippen LogP contribution in [-0.4, -0.2) is 22.8 Å². The number of phenols is 1. The first kappa shape index (κ1) is 15.1. The van der Waals surface area contributed by atoms with E-state index in [1.165, 1.54) is 6.08 Å². The van der Waals surface area contributed by atoms with Crippen molar-refractivity contribution < 1.29 is 14.6 Å². The van der Waals surface area contributed by atoms with Crippen LogP contribution < -0.4 is 0 Å². The molecule has 0 fully saturated rings. The Balaban J connectivity index is 2.59. The molecule has 1 aromatic carbocycles. The van der Waals surface area contributed by atoms with Gasteiger partial charge >= 0.3 is 5.97 Å². The van der Waals surface area contributed by atoms with Crippen LogP contribution in [0.15, 0.2) is 35.3 Å². The number of ether oxygens (including phenoxy) is 1. The number of aryl methyl sites for hydroxylation is 1. The highest BCUT2D eigenvalue weighted by molar-refractivity contribution is 7.78. The van der Waals surface area contributed by atoms with E-state index >= 15 is 0 Å². The summed E-state index contributed by atoms with van der Waals surface area (Å²) >= 11 is 4.53. The number of isothiocyanates is 1. The van der Waals surface area contributed by atoms with Crippen molar-refractivity contribution in [1.29, 1.82) is 0 Å². The molecule has 1 aromatic rings. The number of hydrogen-bond donors (Lipinski definition) is 1. The number of rotatable bonds is 6. The van der Waals surface area contributed by atoms with E-state index in [0.29, 0.717) is 25.1 Å². The quantitative estimate of drug-likeness (QED) is 0.375. The maximum atomic E-state index is 11.1. The van der Waals surface area contributed by atoms with Crippen molar-refractivity contribution in [3.8, 4) is 5.75 Å². The van der Waals surface area contributed by atoms with Gasteiger partial charge in [0, 0.05) is 6.08 Å². The molecule has 19 heavy (non-hydrogen) atoms. The lowest BCUT2D eigenvalue weighted by molar-refractivity contribution is -0.137. The molecule has 0 aliphatic rings. The van der Waals surface area contributed by atoms with Crippen LogP contribution in [0.2, 0.25) is 0 Å². The SMILES string of the molecule is CCOC(=O)/C=C/CCc1cc(N=C=S)ccc1O. The van der Waals surface area contributed by atoms with Crippen molar-refractivity contribution in [3.63, 3.8) is 0 Å². The summed E-state index contributed by atoms with van der Waals surface area (Å²) in [6, 6.07) is 4.97. The number of phenolic OH excluding ortho intramolecular Hbond substituents is 1. The maximum Gasteiger partial charge on any atom is 0.330 e. The minimum Gasteiger partial charge on any atom is -0.508 e. The largest absolute Gasteiger partial charge is 0.508 e. The van der Waals surface area contributed by atoms with E-state index in [1.807, 2.05) is 0 Å². The summed E-state index contributed by atoms with van der Waals surface area (Å²) in [6.45, 7) is 2.12. The van der Waals surface area contributed by atoms with E-state index in [1.54, 1.807) is 31.2 Å². The molecule has 0 radical (unpaired) electrons. The van der Waals surface area contributed by atoms with Crippen molar-refractivity contribution in [2.45, 2.75) is 19.8 Å². The van der Waals surface area contributed by atoms with Crippen LogP contribution >= 0.6 is 12.2 Å². The molecule has 1 rings (SSSR count). The predicted octanol–water partition coefficient (Wildman–Crippen LogP) is 3.18. The molecule has 0 aromatic heterocycles. The van der Waals surface area contributed by atoms with Crippen molar-refractivity contribution >= 4 is 29.0 Å². The van der Waals surface area contributed by atoms with Crippen LogP contribution in [0.5, 0.6) is 5.75 Å². The molecular formula is C14H15NO3S. The number of aromatic hydroxyl groups is 1. The molecule has 4 nitrogen and oxygen atoms in total. The number of thiocarbonyl (C=S) groups is 1. The molecule has 0 saturated heterocycles. The summed E-state index contributed by atoms with van der Waals surface area (Å²) < 4.78 is 4.76. The number of aliphatic imine (C=N–C) groups is 1. The Hall–Kier alpha value is -1.97. The highest BCUT2D eigenvalue weighted by atomic mass is 32.1. The first-order valence-corrected chi connectivity index (χ1v) is 6.31. The summed E-state index contributed by atoms with van der Waals surface area (Å²) in [4.78, 5) is 14.9. The van der Waals surface area contributed by atoms with E-state index in [4.69, 9.17) is 4.74 Å². The lowest BCUT2D eigenvalue weighted by Crippen LogP contribution is -1.98. The summed E-state index contributed by atoms with van der Waals surface area (Å²) in [6.07, 6.45) is 4.33. The summed E-state index contributed by atoms with van der Waals surface area (Å²) in [5.74, 6) is -0.154. The third-order valence-electron chi connectivity index (χ3n) is 2.36. The number of benzene rings is 1. The van der Waals surface area contributed by atoms with Crippen LogP contribution in [0.3, 0.4) is 0 Å². The standard InChI is InChI=1S/C14H15NO3S/c1-2-18-14(17)6-4-3-5-11-9-12(15-10-19)7-8-13(11)16/h4,6-9,16H,2-3,5H2,1H3/b6-4+. The number of carbonyl (C=O) groups excluding carboxylic acids is 1. The number of nitrogens with zero attached hydrogens (tertiary/aromatic N) is 1. The zero-order valence-electron chi connectivity index (χ0n) is 10.6. The highest BCUT2D eigenvalue weighted by Crippen LogP contribution is 2.24. The van der Waals surface area contributed by atoms with Crippen molar-refractivity contribution in [1.82, 2.24) is 0 Å². The van der Waals surface area contributed by atoms with Crippen LogP contribution in [0.25, 0.3) is 0 Å². The van der Waals surface area contributed by atoms with Crippen molar-refractivity contribution in [3.05, 3.63) is 35.9 Å². The van der Waals surface area contributed by atoms with Crippen molar-refractivity contribution in [2.75, 3.05) is 6.61 Å². The fourth-order valence-corrected chi connectivity index (χ4v) is 1.61. The fraction of sp³-hybridized carbons (Fsp3) is 0.286. The molecular weight excluding hydrogens is 262 g/mol. The lowest BCUT2D eigenvalue weighted by Gasteiger charge is -2.03. The van der Waals surface area contributed by atoms with Gasteiger partial charge in [0.2, 0.25) is 0 Å². The van der Waals surface area contributed by atoms with Gasteiger partial charge in [0.15, 0.2) is 0 Å². The van der Waals surface area contributed by atoms with Crippen LogP contribution in [0.1, 0.15) is 18.9 Å². The molecule has 5 heteroatoms. The molecule has 100 valence electrons. The number of allylic oxidation sites excluding steroid dienone is 1. The Bertz CT molecular complexity index is 519. The zero-order chi connectivity index (χ0) is 14.1. The van der Waals surface area contributed by atoms with Gasteiger partial charge in [-0.2, -0.15) is 4.99 Å². The van der Waals surface area contributed by atoms with Gasteiger partial charge in [-0.25, -0.2) is 4.79 Å². The molecule has 0 aliphatic heterocycles. The van der Waals surface area contributed by atoms with Gasteiger partial charge in [0.25, 0.3) is 0 Å². The lowest BCUT2D eigenvalue weighted by atomic mass is 10.1. The number of esters is 1. The highest BCUT2D eigenvalue weighted by Gasteiger charge is 2.02. The van der Waals surface area contributed by atoms with Gasteiger partial charge in [0.05, 0.1) is 17.5 Å². The Morgan fingerprint density at radius 3 is 3.05 bits per heavy atom. The van der Waals surface area contributed by atoms with E-state index in [9.17, 15) is 9.90 Å². The Labute approximate surface area is 117 Å². The minimum atomic E-state index is -0.356. The topological polar surface area (TPSA) is 58.9 Å². The molecule has 0 aliphatic carbocycles. The van der Waals surface area contributed by atoms with Gasteiger partial charge in [-0.3, -0.25) is 0 Å². The summed E-state index contributed by atoms with van der Waals surface area (Å²) in [5.41, 5.74) is 1.40. The average Bonchev–Trinajstić information content (AvgIpc) is 2.39. The van der Waals surface area contributed by atoms with E-state index in [0.717, 1.165) is 5.56 Å². The molecule has 0 atom stereocenters. The number of carbonyl (C=O) groups is 1. The van der Waals surface area contributed by atoms with Gasteiger partial charge in [0.1, 0.15) is 5.75 Å². The van der Waals surface area contributed by atoms with Gasteiger partial charge in [-0.1, -0.05) is 6.08 Å². The smallest absolute Gasteiger partial charge is 0.330 e. The first-order valence-electron chi connectivity index (χ1n) is 5.90. The van der Waals surface area contributed by atoms with Gasteiger partial charge < -0.3 is 9.84 Å². The van der Waals surface area contributed by atoms with E-state index < -0.39 is 0 Å². The minimum absolute atomic E-state index is 0.202. The summed E-state index contributed by atoms with van der Waals surface area (Å²) in [5, 5.41) is 12.0. The summed E-state index contributed by atoms with van der Waals surface area (Å²) in [7, 11) is 0. The first-order chi connectivity index (χ1) is 9.17. The monoisotopic (exact) mass is 277 g/mol. The molecule has 0 saturated carbocycles. The molecule has 0 unspecified atom stereocenters. The molecule has 0 heterocycles. The van der Waals surface area contributed by atoms with Gasteiger partial charge in [-0.05, 0) is 55.7 Å². The van der Waals surface area contributed by atoms with Crippen LogP contribution in [0.4, 0.5) is 5.69 Å². The van der Waals surface area contributed by atoms with Crippen molar-refractivity contribution in [2.24, 2.45) is 4.99 Å². The molecule has 0 bridgehead atoms. The molecule has 0 spiro atoms. The second kappa shape index (κ2) is 8.19. The Kier molecular flexibility index (Phi) is 6.50. The second-order valence-corrected chi connectivity index (χ2v) is 3.89. The molecule has 0 amide bonds. The van der Waals surface area contributed by atoms with Crippen LogP contribution in [-0.2, 0) is 16.0 Å². The molecule has 1 N–H and O–H groups in total. The Morgan fingerprint density at radius 2 is 2.37 bits per heavy atom. The fourth-order valence-electron chi connectivity index (χ4n) is 1.50. The van der Waals surface area contributed by atoms with E-state index in [-0.39, 0.29) is 11.7 Å². The Morgan fingerprint density at radius 1 is 1.58 bits per heavy atom. The zero-order valence-corrected chi connectivity index (χ0v) is 11.4. The third kappa shape index (κ3) is 5.46. The normalized spacial score (nSPS) is 10.2. The second-order valence-electron chi connectivity index (χ2n) is 3.71. The predicted molar refractivity (Wildman–Crippen MR) is 76.9 cm³/mol. The third-order valence-corrected chi connectivity index (χ3v) is 2.45. The average molecular weight is 277 g/mol. The van der Waals surface area contributed by atoms with Crippen LogP contribution in [0, 0.1) is 0 Å². The van der Waals surface area contributed by atoms with E-state index in [2.05, 4.69) is 22.4 Å². The van der Waals surface area contributed by atoms with Gasteiger partial charge in [-0.15, -0.1) is 0 Å². The number of hydrogen-bond acceptors (Lipinski definition) is 5.